The minimum absolute atomic E-state index is 0.426. The Morgan fingerprint density at radius 3 is 2.38 bits per heavy atom. The van der Waals surface area contributed by atoms with Crippen LogP contribution in [0.2, 0.25) is 0 Å². The third kappa shape index (κ3) is 3.66. The van der Waals surface area contributed by atoms with Crippen LogP contribution in [0.15, 0.2) is 42.5 Å². The number of para-hydroxylation sites is 1. The summed E-state index contributed by atoms with van der Waals surface area (Å²) in [5.41, 5.74) is 12.1. The molecule has 0 bridgehead atoms. The monoisotopic (exact) mass is 286 g/mol. The number of nitrogens with two attached hydrogens (primary N) is 2. The number of rotatable bonds is 6. The molecule has 0 heterocycles. The number of ether oxygens (including phenoxy) is 2. The fourth-order valence-electron chi connectivity index (χ4n) is 1.76. The lowest BCUT2D eigenvalue weighted by molar-refractivity contribution is 0.100. The topological polar surface area (TPSA) is 87.6 Å². The molecule has 0 fully saturated rings. The molecule has 0 spiro atoms. The van der Waals surface area contributed by atoms with Crippen molar-refractivity contribution in [2.75, 3.05) is 12.3 Å². The van der Waals surface area contributed by atoms with Gasteiger partial charge in [-0.3, -0.25) is 4.79 Å². The van der Waals surface area contributed by atoms with Gasteiger partial charge in [-0.2, -0.15) is 0 Å². The van der Waals surface area contributed by atoms with E-state index in [4.69, 9.17) is 20.9 Å². The summed E-state index contributed by atoms with van der Waals surface area (Å²) in [6.45, 7) is 2.62. The summed E-state index contributed by atoms with van der Waals surface area (Å²) in [5, 5.41) is 0. The zero-order valence-corrected chi connectivity index (χ0v) is 11.8. The minimum Gasteiger partial charge on any atom is -0.491 e. The van der Waals surface area contributed by atoms with Crippen molar-refractivity contribution in [3.63, 3.8) is 0 Å². The Bertz CT molecular complexity index is 624. The molecule has 2 rings (SSSR count). The number of amides is 1. The molecule has 0 unspecified atom stereocenters. The van der Waals surface area contributed by atoms with Gasteiger partial charge in [0.2, 0.25) is 5.91 Å². The molecule has 0 aliphatic rings. The van der Waals surface area contributed by atoms with E-state index in [2.05, 4.69) is 0 Å². The van der Waals surface area contributed by atoms with Crippen LogP contribution in [0.4, 0.5) is 5.69 Å². The lowest BCUT2D eigenvalue weighted by Gasteiger charge is -2.12. The lowest BCUT2D eigenvalue weighted by atomic mass is 10.2. The molecular formula is C16H18N2O3. The second-order valence-corrected chi connectivity index (χ2v) is 4.51. The summed E-state index contributed by atoms with van der Waals surface area (Å²) in [6, 6.07) is 11.9. The molecule has 0 radical (unpaired) electrons. The average molecular weight is 286 g/mol. The van der Waals surface area contributed by atoms with E-state index in [1.54, 1.807) is 36.4 Å². The number of carbonyl (C=O) groups excluding carboxylic acids is 1. The van der Waals surface area contributed by atoms with Crippen LogP contribution in [-0.4, -0.2) is 12.5 Å². The number of carbonyl (C=O) groups is 1. The first-order valence-corrected chi connectivity index (χ1v) is 6.71. The molecule has 5 nitrogen and oxygen atoms in total. The Labute approximate surface area is 123 Å². The van der Waals surface area contributed by atoms with Gasteiger partial charge in [0.1, 0.15) is 17.2 Å². The Hall–Kier alpha value is -2.69. The van der Waals surface area contributed by atoms with Gasteiger partial charge in [-0.05, 0) is 42.8 Å². The smallest absolute Gasteiger partial charge is 0.248 e. The SMILES string of the molecule is CCCOc1cccc(Oc2ccc(C(N)=O)cc2)c1N. The Morgan fingerprint density at radius 1 is 1.10 bits per heavy atom. The average Bonchev–Trinajstić information content (AvgIpc) is 2.49. The highest BCUT2D eigenvalue weighted by atomic mass is 16.5. The predicted octanol–water partition coefficient (Wildman–Crippen LogP) is 2.95. The van der Waals surface area contributed by atoms with Gasteiger partial charge in [-0.15, -0.1) is 0 Å². The standard InChI is InChI=1S/C16H18N2O3/c1-2-10-20-13-4-3-5-14(15(13)17)21-12-8-6-11(7-9-12)16(18)19/h3-9H,2,10,17H2,1H3,(H2,18,19). The Balaban J connectivity index is 2.17. The van der Waals surface area contributed by atoms with E-state index in [0.717, 1.165) is 6.42 Å². The summed E-state index contributed by atoms with van der Waals surface area (Å²) in [7, 11) is 0. The summed E-state index contributed by atoms with van der Waals surface area (Å²) >= 11 is 0. The van der Waals surface area contributed by atoms with E-state index in [9.17, 15) is 4.79 Å². The number of nitrogen functional groups attached to an aromatic ring is 1. The summed E-state index contributed by atoms with van der Waals surface area (Å²) < 4.78 is 11.3. The van der Waals surface area contributed by atoms with Crippen LogP contribution in [-0.2, 0) is 0 Å². The van der Waals surface area contributed by atoms with E-state index in [1.165, 1.54) is 0 Å². The van der Waals surface area contributed by atoms with Crippen molar-refractivity contribution in [1.29, 1.82) is 0 Å². The van der Waals surface area contributed by atoms with Gasteiger partial charge >= 0.3 is 0 Å². The first kappa shape index (κ1) is 14.7. The normalized spacial score (nSPS) is 10.1. The fourth-order valence-corrected chi connectivity index (χ4v) is 1.76. The zero-order valence-electron chi connectivity index (χ0n) is 11.8. The minimum atomic E-state index is -0.476. The molecule has 4 N–H and O–H groups in total. The third-order valence-corrected chi connectivity index (χ3v) is 2.85. The van der Waals surface area contributed by atoms with Gasteiger partial charge in [-0.1, -0.05) is 13.0 Å². The molecule has 0 aromatic heterocycles. The first-order chi connectivity index (χ1) is 10.1. The van der Waals surface area contributed by atoms with Crippen molar-refractivity contribution < 1.29 is 14.3 Å². The molecule has 21 heavy (non-hydrogen) atoms. The summed E-state index contributed by atoms with van der Waals surface area (Å²) in [6.07, 6.45) is 0.902. The van der Waals surface area contributed by atoms with Crippen LogP contribution in [0.5, 0.6) is 17.2 Å². The maximum atomic E-state index is 11.0. The lowest BCUT2D eigenvalue weighted by Crippen LogP contribution is -2.10. The fraction of sp³-hybridized carbons (Fsp3) is 0.188. The van der Waals surface area contributed by atoms with Gasteiger partial charge in [0.15, 0.2) is 5.75 Å². The van der Waals surface area contributed by atoms with Crippen LogP contribution in [0.25, 0.3) is 0 Å². The molecule has 0 atom stereocenters. The summed E-state index contributed by atoms with van der Waals surface area (Å²) in [5.74, 6) is 1.20. The van der Waals surface area contributed by atoms with E-state index in [-0.39, 0.29) is 0 Å². The van der Waals surface area contributed by atoms with Crippen molar-refractivity contribution in [3.8, 4) is 17.2 Å². The second kappa shape index (κ2) is 6.65. The number of primary amides is 1. The molecule has 2 aromatic rings. The van der Waals surface area contributed by atoms with E-state index < -0.39 is 5.91 Å². The number of hydrogen-bond acceptors (Lipinski definition) is 4. The molecule has 0 saturated heterocycles. The van der Waals surface area contributed by atoms with E-state index >= 15 is 0 Å². The molecule has 5 heteroatoms. The van der Waals surface area contributed by atoms with Crippen LogP contribution >= 0.6 is 0 Å². The molecule has 110 valence electrons. The quantitative estimate of drug-likeness (QED) is 0.799. The number of anilines is 1. The van der Waals surface area contributed by atoms with Crippen LogP contribution < -0.4 is 20.9 Å². The van der Waals surface area contributed by atoms with Crippen molar-refractivity contribution in [1.82, 2.24) is 0 Å². The van der Waals surface area contributed by atoms with Crippen molar-refractivity contribution >= 4 is 11.6 Å². The molecular weight excluding hydrogens is 268 g/mol. The Kier molecular flexibility index (Phi) is 4.66. The highest BCUT2D eigenvalue weighted by molar-refractivity contribution is 5.92. The largest absolute Gasteiger partial charge is 0.491 e. The molecule has 0 aliphatic carbocycles. The molecule has 0 aliphatic heterocycles. The Morgan fingerprint density at radius 2 is 1.76 bits per heavy atom. The highest BCUT2D eigenvalue weighted by Gasteiger charge is 2.08. The maximum Gasteiger partial charge on any atom is 0.248 e. The van der Waals surface area contributed by atoms with Crippen molar-refractivity contribution in [2.45, 2.75) is 13.3 Å². The molecule has 0 saturated carbocycles. The van der Waals surface area contributed by atoms with Gasteiger partial charge in [0, 0.05) is 5.56 Å². The second-order valence-electron chi connectivity index (χ2n) is 4.51. The molecule has 1 amide bonds. The highest BCUT2D eigenvalue weighted by Crippen LogP contribution is 2.34. The van der Waals surface area contributed by atoms with Crippen LogP contribution in [0.1, 0.15) is 23.7 Å². The van der Waals surface area contributed by atoms with E-state index in [0.29, 0.717) is 35.1 Å². The summed E-state index contributed by atoms with van der Waals surface area (Å²) in [4.78, 5) is 11.0. The van der Waals surface area contributed by atoms with Gasteiger partial charge in [0.05, 0.1) is 6.61 Å². The predicted molar refractivity (Wildman–Crippen MR) is 81.7 cm³/mol. The first-order valence-electron chi connectivity index (χ1n) is 6.71. The third-order valence-electron chi connectivity index (χ3n) is 2.85. The van der Waals surface area contributed by atoms with Gasteiger partial charge < -0.3 is 20.9 Å². The number of benzene rings is 2. The maximum absolute atomic E-state index is 11.0. The zero-order chi connectivity index (χ0) is 15.2. The van der Waals surface area contributed by atoms with Crippen molar-refractivity contribution in [3.05, 3.63) is 48.0 Å². The van der Waals surface area contributed by atoms with Gasteiger partial charge in [-0.25, -0.2) is 0 Å². The number of hydrogen-bond donors (Lipinski definition) is 2. The van der Waals surface area contributed by atoms with Crippen molar-refractivity contribution in [2.24, 2.45) is 5.73 Å². The van der Waals surface area contributed by atoms with Gasteiger partial charge in [0.25, 0.3) is 0 Å². The van der Waals surface area contributed by atoms with Crippen LogP contribution in [0.3, 0.4) is 0 Å². The van der Waals surface area contributed by atoms with Crippen LogP contribution in [0, 0.1) is 0 Å². The van der Waals surface area contributed by atoms with E-state index in [1.807, 2.05) is 13.0 Å². The molecule has 2 aromatic carbocycles.